The van der Waals surface area contributed by atoms with Crippen molar-refractivity contribution in [2.24, 2.45) is 0 Å². The summed E-state index contributed by atoms with van der Waals surface area (Å²) in [6.45, 7) is 1.53. The fourth-order valence-corrected chi connectivity index (χ4v) is 4.82. The quantitative estimate of drug-likeness (QED) is 0.314. The van der Waals surface area contributed by atoms with Crippen LogP contribution in [0.3, 0.4) is 0 Å². The molecule has 0 radical (unpaired) electrons. The summed E-state index contributed by atoms with van der Waals surface area (Å²) in [6, 6.07) is 8.65. The van der Waals surface area contributed by atoms with Gasteiger partial charge in [-0.2, -0.15) is 0 Å². The molecule has 190 valence electrons. The zero-order chi connectivity index (χ0) is 26.8. The Morgan fingerprint density at radius 3 is 2.71 bits per heavy atom. The first-order valence-electron chi connectivity index (χ1n) is 11.4. The van der Waals surface area contributed by atoms with Gasteiger partial charge in [-0.05, 0) is 36.2 Å². The maximum atomic E-state index is 14.4. The first-order chi connectivity index (χ1) is 18.2. The lowest BCUT2D eigenvalue weighted by Crippen LogP contribution is -2.33. The van der Waals surface area contributed by atoms with Crippen molar-refractivity contribution in [1.29, 1.82) is 0 Å². The first kappa shape index (κ1) is 23.7. The molecule has 0 aliphatic carbocycles. The van der Waals surface area contributed by atoms with Crippen molar-refractivity contribution in [3.63, 3.8) is 0 Å². The number of carbonyl (C=O) groups excluding carboxylic acids is 1. The van der Waals surface area contributed by atoms with Gasteiger partial charge in [0.25, 0.3) is 0 Å². The van der Waals surface area contributed by atoms with E-state index in [0.29, 0.717) is 22.6 Å². The van der Waals surface area contributed by atoms with Gasteiger partial charge in [-0.1, -0.05) is 29.8 Å². The number of carbonyl (C=O) groups is 1. The third-order valence-electron chi connectivity index (χ3n) is 6.70. The monoisotopic (exact) mass is 533 g/mol. The second-order valence-corrected chi connectivity index (χ2v) is 9.40. The Balaban J connectivity index is 1.47. The number of fused-ring (bicyclic) bond motifs is 2. The van der Waals surface area contributed by atoms with E-state index in [1.54, 1.807) is 41.2 Å². The predicted molar refractivity (Wildman–Crippen MR) is 136 cm³/mol. The van der Waals surface area contributed by atoms with Crippen molar-refractivity contribution in [2.75, 3.05) is 11.1 Å². The van der Waals surface area contributed by atoms with E-state index in [-0.39, 0.29) is 40.8 Å². The average molecular weight is 534 g/mol. The zero-order valence-corrected chi connectivity index (χ0v) is 20.5. The topological polar surface area (TPSA) is 131 Å². The first-order valence-corrected chi connectivity index (χ1v) is 11.8. The number of nitrogens with zero attached hydrogens (tertiary/aromatic N) is 5. The van der Waals surface area contributed by atoms with Crippen molar-refractivity contribution in [3.05, 3.63) is 94.0 Å². The summed E-state index contributed by atoms with van der Waals surface area (Å²) in [6.07, 6.45) is 5.12. The number of aromatic hydroxyl groups is 1. The molecule has 4 N–H and O–H groups in total. The maximum Gasteiger partial charge on any atom is 0.240 e. The van der Waals surface area contributed by atoms with E-state index in [0.717, 1.165) is 6.07 Å². The van der Waals surface area contributed by atoms with E-state index in [4.69, 9.17) is 17.3 Å². The number of hydrogen-bond donors (Lipinski definition) is 3. The number of aromatic nitrogens is 5. The van der Waals surface area contributed by atoms with Crippen LogP contribution in [0.4, 0.5) is 20.4 Å². The highest BCUT2D eigenvalue weighted by atomic mass is 35.5. The Morgan fingerprint density at radius 2 is 1.95 bits per heavy atom. The summed E-state index contributed by atoms with van der Waals surface area (Å²) in [7, 11) is 0. The smallest absolute Gasteiger partial charge is 0.240 e. The van der Waals surface area contributed by atoms with E-state index in [9.17, 15) is 18.7 Å². The van der Waals surface area contributed by atoms with E-state index >= 15 is 0 Å². The summed E-state index contributed by atoms with van der Waals surface area (Å²) >= 11 is 5.75. The zero-order valence-electron chi connectivity index (χ0n) is 19.7. The molecule has 1 aliphatic rings. The van der Waals surface area contributed by atoms with Gasteiger partial charge in [-0.25, -0.2) is 28.7 Å². The normalized spacial score (nSPS) is 16.6. The molecule has 38 heavy (non-hydrogen) atoms. The van der Waals surface area contributed by atoms with Gasteiger partial charge in [0.2, 0.25) is 5.91 Å². The minimum atomic E-state index is -1.50. The van der Waals surface area contributed by atoms with E-state index in [2.05, 4.69) is 25.3 Å². The molecule has 2 aromatic carbocycles. The predicted octanol–water partition coefficient (Wildman–Crippen LogP) is 4.25. The van der Waals surface area contributed by atoms with Crippen LogP contribution in [0.2, 0.25) is 5.02 Å². The fraction of sp³-hybridized carbons (Fsp3) is 0.115. The number of nitrogens with one attached hydrogen (secondary N) is 1. The van der Waals surface area contributed by atoms with Crippen molar-refractivity contribution < 1.29 is 18.7 Å². The van der Waals surface area contributed by atoms with Gasteiger partial charge in [-0.15, -0.1) is 0 Å². The second kappa shape index (κ2) is 8.45. The number of phenols is 1. The molecule has 9 nitrogen and oxygen atoms in total. The Labute approximate surface area is 219 Å². The van der Waals surface area contributed by atoms with E-state index in [1.165, 1.54) is 19.1 Å². The minimum absolute atomic E-state index is 0.0381. The van der Waals surface area contributed by atoms with Crippen LogP contribution in [0.15, 0.2) is 55.0 Å². The number of imidazole rings is 1. The standard InChI is InChI=1S/C26H18ClF2N7O2/c1-26(13-9-15(29)20(27)18(37)10-13)19-21(30)33-22(34-23(19)35-25(26)38)17-11-36-7-6-31-24(36)16(32-17)8-12-4-2-3-5-14(12)28/h2-7,9-11,37H,8H2,1H3,(H3,30,33,34,35,38). The summed E-state index contributed by atoms with van der Waals surface area (Å²) in [5, 5.41) is 12.3. The Morgan fingerprint density at radius 1 is 1.16 bits per heavy atom. The number of halogens is 3. The third kappa shape index (κ3) is 3.54. The van der Waals surface area contributed by atoms with Crippen LogP contribution in [-0.2, 0) is 16.6 Å². The van der Waals surface area contributed by atoms with Gasteiger partial charge in [0, 0.05) is 25.0 Å². The summed E-state index contributed by atoms with van der Waals surface area (Å²) < 4.78 is 30.4. The second-order valence-electron chi connectivity index (χ2n) is 9.03. The van der Waals surface area contributed by atoms with Crippen LogP contribution in [-0.4, -0.2) is 35.4 Å². The number of phenolic OH excluding ortho intramolecular Hbond substituents is 1. The highest BCUT2D eigenvalue weighted by Gasteiger charge is 2.48. The average Bonchev–Trinajstić information content (AvgIpc) is 3.46. The van der Waals surface area contributed by atoms with Gasteiger partial charge in [0.15, 0.2) is 11.5 Å². The van der Waals surface area contributed by atoms with Gasteiger partial charge in [0.05, 0.1) is 11.3 Å². The lowest BCUT2D eigenvalue weighted by Gasteiger charge is -2.24. The largest absolute Gasteiger partial charge is 0.506 e. The molecule has 1 aliphatic heterocycles. The van der Waals surface area contributed by atoms with Crippen LogP contribution in [0.1, 0.15) is 29.3 Å². The summed E-state index contributed by atoms with van der Waals surface area (Å²) in [5.41, 5.74) is 6.98. The minimum Gasteiger partial charge on any atom is -0.506 e. The fourth-order valence-electron chi connectivity index (χ4n) is 4.71. The number of anilines is 2. The Bertz CT molecular complexity index is 1770. The highest BCUT2D eigenvalue weighted by molar-refractivity contribution is 6.32. The van der Waals surface area contributed by atoms with Crippen molar-refractivity contribution in [1.82, 2.24) is 24.3 Å². The molecule has 0 bridgehead atoms. The van der Waals surface area contributed by atoms with Crippen molar-refractivity contribution >= 4 is 34.8 Å². The van der Waals surface area contributed by atoms with Gasteiger partial charge in [0.1, 0.15) is 45.2 Å². The molecular formula is C26H18ClF2N7O2. The molecule has 6 rings (SSSR count). The summed E-state index contributed by atoms with van der Waals surface area (Å²) in [4.78, 5) is 31.1. The molecule has 4 heterocycles. The molecule has 0 spiro atoms. The summed E-state index contributed by atoms with van der Waals surface area (Å²) in [5.74, 6) is -2.11. The Hall–Kier alpha value is -4.64. The van der Waals surface area contributed by atoms with Crippen molar-refractivity contribution in [2.45, 2.75) is 18.8 Å². The molecule has 1 unspecified atom stereocenters. The van der Waals surface area contributed by atoms with E-state index < -0.39 is 27.9 Å². The van der Waals surface area contributed by atoms with Gasteiger partial charge < -0.3 is 20.6 Å². The molecular weight excluding hydrogens is 516 g/mol. The van der Waals surface area contributed by atoms with Crippen LogP contribution in [0.25, 0.3) is 17.2 Å². The molecule has 1 atom stereocenters. The molecule has 0 saturated carbocycles. The number of benzene rings is 2. The molecule has 0 fully saturated rings. The van der Waals surface area contributed by atoms with Crippen LogP contribution in [0.5, 0.6) is 5.75 Å². The SMILES string of the molecule is CC1(c2cc(O)c(Cl)c(F)c2)C(=O)Nc2nc(-c3cn4ccnc4c(Cc4ccccc4F)n3)nc(N)c21. The lowest BCUT2D eigenvalue weighted by atomic mass is 9.77. The number of rotatable bonds is 4. The van der Waals surface area contributed by atoms with Crippen LogP contribution >= 0.6 is 11.6 Å². The number of hydrogen-bond acceptors (Lipinski definition) is 7. The molecule has 12 heteroatoms. The maximum absolute atomic E-state index is 14.4. The van der Waals surface area contributed by atoms with Gasteiger partial charge in [-0.3, -0.25) is 4.79 Å². The van der Waals surface area contributed by atoms with Crippen LogP contribution in [0, 0.1) is 11.6 Å². The number of nitrogens with two attached hydrogens (primary N) is 1. The third-order valence-corrected chi connectivity index (χ3v) is 7.07. The molecule has 0 saturated heterocycles. The molecule has 5 aromatic rings. The van der Waals surface area contributed by atoms with Crippen molar-refractivity contribution in [3.8, 4) is 17.3 Å². The number of nitrogen functional groups attached to an aromatic ring is 1. The molecule has 1 amide bonds. The Kier molecular flexibility index (Phi) is 5.28. The van der Waals surface area contributed by atoms with E-state index in [1.807, 2.05) is 0 Å². The molecule has 3 aromatic heterocycles. The highest BCUT2D eigenvalue weighted by Crippen LogP contribution is 2.46. The van der Waals surface area contributed by atoms with Crippen LogP contribution < -0.4 is 11.1 Å². The number of amides is 1. The lowest BCUT2D eigenvalue weighted by molar-refractivity contribution is -0.119. The van der Waals surface area contributed by atoms with Gasteiger partial charge >= 0.3 is 0 Å².